The summed E-state index contributed by atoms with van der Waals surface area (Å²) in [4.78, 5) is 6.97. The van der Waals surface area contributed by atoms with Crippen LogP contribution in [0.25, 0.3) is 0 Å². The van der Waals surface area contributed by atoms with Gasteiger partial charge in [0.15, 0.2) is 0 Å². The molecule has 4 heteroatoms. The van der Waals surface area contributed by atoms with Gasteiger partial charge in [0.05, 0.1) is 6.61 Å². The normalized spacial score (nSPS) is 19.4. The van der Waals surface area contributed by atoms with Gasteiger partial charge in [0, 0.05) is 39.0 Å². The zero-order chi connectivity index (χ0) is 12.8. The van der Waals surface area contributed by atoms with Crippen LogP contribution in [0.2, 0.25) is 0 Å². The van der Waals surface area contributed by atoms with E-state index in [0.29, 0.717) is 6.04 Å². The zero-order valence-electron chi connectivity index (χ0n) is 11.4. The number of hydrogen-bond donors (Lipinski definition) is 1. The quantitative estimate of drug-likeness (QED) is 0.777. The number of methoxy groups -OCH3 is 1. The van der Waals surface area contributed by atoms with Crippen LogP contribution in [-0.4, -0.2) is 44.4 Å². The van der Waals surface area contributed by atoms with Gasteiger partial charge >= 0.3 is 0 Å². The molecule has 1 aromatic rings. The lowest BCUT2D eigenvalue weighted by Crippen LogP contribution is -2.39. The van der Waals surface area contributed by atoms with E-state index in [4.69, 9.17) is 4.74 Å². The average Bonchev–Trinajstić information content (AvgIpc) is 2.83. The highest BCUT2D eigenvalue weighted by atomic mass is 16.5. The van der Waals surface area contributed by atoms with Crippen molar-refractivity contribution in [3.05, 3.63) is 23.9 Å². The molecule has 0 spiro atoms. The summed E-state index contributed by atoms with van der Waals surface area (Å²) in [5.74, 6) is 1.15. The van der Waals surface area contributed by atoms with Crippen molar-refractivity contribution in [3.63, 3.8) is 0 Å². The standard InChI is InChI=1S/C14H23N3O/c1-12-5-3-7-16-14(12)17-9-4-6-13(17)11-15-8-10-18-2/h3,5,7,13,15H,4,6,8-11H2,1-2H3. The van der Waals surface area contributed by atoms with Crippen molar-refractivity contribution in [1.29, 1.82) is 0 Å². The fourth-order valence-corrected chi connectivity index (χ4v) is 2.55. The van der Waals surface area contributed by atoms with Crippen LogP contribution in [0.1, 0.15) is 18.4 Å². The van der Waals surface area contributed by atoms with E-state index >= 15 is 0 Å². The summed E-state index contributed by atoms with van der Waals surface area (Å²) in [6.07, 6.45) is 4.39. The maximum absolute atomic E-state index is 5.05. The Balaban J connectivity index is 1.93. The van der Waals surface area contributed by atoms with Crippen LogP contribution in [-0.2, 0) is 4.74 Å². The molecule has 1 aromatic heterocycles. The van der Waals surface area contributed by atoms with Gasteiger partial charge in [-0.1, -0.05) is 6.07 Å². The smallest absolute Gasteiger partial charge is 0.131 e. The van der Waals surface area contributed by atoms with Crippen LogP contribution in [0.4, 0.5) is 5.82 Å². The van der Waals surface area contributed by atoms with Crippen LogP contribution in [0.3, 0.4) is 0 Å². The van der Waals surface area contributed by atoms with Gasteiger partial charge in [-0.2, -0.15) is 0 Å². The van der Waals surface area contributed by atoms with E-state index in [1.807, 2.05) is 12.3 Å². The van der Waals surface area contributed by atoms with E-state index in [9.17, 15) is 0 Å². The van der Waals surface area contributed by atoms with Crippen LogP contribution in [0, 0.1) is 6.92 Å². The first-order valence-corrected chi connectivity index (χ1v) is 6.71. The number of rotatable bonds is 6. The van der Waals surface area contributed by atoms with Gasteiger partial charge in [-0.15, -0.1) is 0 Å². The first kappa shape index (κ1) is 13.3. The van der Waals surface area contributed by atoms with Crippen molar-refractivity contribution in [2.45, 2.75) is 25.8 Å². The second kappa shape index (κ2) is 6.71. The Hall–Kier alpha value is -1.13. The lowest BCUT2D eigenvalue weighted by molar-refractivity contribution is 0.199. The fraction of sp³-hybridized carbons (Fsp3) is 0.643. The molecule has 1 N–H and O–H groups in total. The Labute approximate surface area is 109 Å². The molecule has 1 saturated heterocycles. The van der Waals surface area contributed by atoms with Crippen LogP contribution < -0.4 is 10.2 Å². The van der Waals surface area contributed by atoms with Crippen molar-refractivity contribution >= 4 is 5.82 Å². The van der Waals surface area contributed by atoms with Gasteiger partial charge in [0.1, 0.15) is 5.82 Å². The van der Waals surface area contributed by atoms with Crippen molar-refractivity contribution < 1.29 is 4.74 Å². The Morgan fingerprint density at radius 2 is 2.44 bits per heavy atom. The molecule has 0 aromatic carbocycles. The summed E-state index contributed by atoms with van der Waals surface area (Å²) < 4.78 is 5.05. The monoisotopic (exact) mass is 249 g/mol. The van der Waals surface area contributed by atoms with Gasteiger partial charge in [-0.3, -0.25) is 0 Å². The minimum Gasteiger partial charge on any atom is -0.383 e. The third-order valence-corrected chi connectivity index (χ3v) is 3.49. The van der Waals surface area contributed by atoms with E-state index in [1.54, 1.807) is 7.11 Å². The van der Waals surface area contributed by atoms with E-state index in [0.717, 1.165) is 32.1 Å². The molecule has 0 radical (unpaired) electrons. The predicted octanol–water partition coefficient (Wildman–Crippen LogP) is 1.59. The first-order valence-electron chi connectivity index (χ1n) is 6.71. The molecule has 0 amide bonds. The van der Waals surface area contributed by atoms with Crippen LogP contribution in [0.15, 0.2) is 18.3 Å². The van der Waals surface area contributed by atoms with Crippen molar-refractivity contribution in [2.75, 3.05) is 38.3 Å². The molecule has 4 nitrogen and oxygen atoms in total. The first-order chi connectivity index (χ1) is 8.83. The summed E-state index contributed by atoms with van der Waals surface area (Å²) >= 11 is 0. The second-order valence-corrected chi connectivity index (χ2v) is 4.83. The summed E-state index contributed by atoms with van der Waals surface area (Å²) in [6, 6.07) is 4.70. The molecule has 0 bridgehead atoms. The van der Waals surface area contributed by atoms with Gasteiger partial charge in [-0.25, -0.2) is 4.98 Å². The van der Waals surface area contributed by atoms with E-state index < -0.39 is 0 Å². The van der Waals surface area contributed by atoms with E-state index in [-0.39, 0.29) is 0 Å². The molecular formula is C14H23N3O. The van der Waals surface area contributed by atoms with Gasteiger partial charge in [0.2, 0.25) is 0 Å². The third-order valence-electron chi connectivity index (χ3n) is 3.49. The van der Waals surface area contributed by atoms with Gasteiger partial charge in [-0.05, 0) is 31.4 Å². The molecule has 100 valence electrons. The number of anilines is 1. The maximum atomic E-state index is 5.05. The lowest BCUT2D eigenvalue weighted by Gasteiger charge is -2.27. The summed E-state index contributed by atoms with van der Waals surface area (Å²) in [6.45, 7) is 5.96. The number of hydrogen-bond acceptors (Lipinski definition) is 4. The molecule has 0 saturated carbocycles. The summed E-state index contributed by atoms with van der Waals surface area (Å²) in [5, 5.41) is 3.45. The molecule has 2 rings (SSSR count). The molecule has 1 fully saturated rings. The minimum absolute atomic E-state index is 0.565. The molecule has 1 atom stereocenters. The number of ether oxygens (including phenoxy) is 1. The largest absolute Gasteiger partial charge is 0.383 e. The zero-order valence-corrected chi connectivity index (χ0v) is 11.4. The summed E-state index contributed by atoms with van der Waals surface area (Å²) in [5.41, 5.74) is 1.27. The second-order valence-electron chi connectivity index (χ2n) is 4.83. The highest BCUT2D eigenvalue weighted by Gasteiger charge is 2.25. The predicted molar refractivity (Wildman–Crippen MR) is 74.1 cm³/mol. The lowest BCUT2D eigenvalue weighted by atomic mass is 10.2. The Morgan fingerprint density at radius 3 is 3.22 bits per heavy atom. The highest BCUT2D eigenvalue weighted by molar-refractivity contribution is 5.47. The number of aryl methyl sites for hydroxylation is 1. The minimum atomic E-state index is 0.565. The number of nitrogens with zero attached hydrogens (tertiary/aromatic N) is 2. The van der Waals surface area contributed by atoms with E-state index in [1.165, 1.54) is 18.4 Å². The molecular weight excluding hydrogens is 226 g/mol. The molecule has 1 aliphatic rings. The van der Waals surface area contributed by atoms with Crippen LogP contribution in [0.5, 0.6) is 0 Å². The molecule has 18 heavy (non-hydrogen) atoms. The molecule has 0 aliphatic carbocycles. The topological polar surface area (TPSA) is 37.4 Å². The Kier molecular flexibility index (Phi) is 4.96. The Bertz CT molecular complexity index is 370. The number of nitrogens with one attached hydrogen (secondary N) is 1. The van der Waals surface area contributed by atoms with Crippen molar-refractivity contribution in [1.82, 2.24) is 10.3 Å². The molecule has 1 unspecified atom stereocenters. The van der Waals surface area contributed by atoms with Crippen LogP contribution >= 0.6 is 0 Å². The average molecular weight is 249 g/mol. The van der Waals surface area contributed by atoms with Gasteiger partial charge < -0.3 is 15.0 Å². The van der Waals surface area contributed by atoms with Gasteiger partial charge in [0.25, 0.3) is 0 Å². The highest BCUT2D eigenvalue weighted by Crippen LogP contribution is 2.25. The Morgan fingerprint density at radius 1 is 1.56 bits per heavy atom. The van der Waals surface area contributed by atoms with Crippen molar-refractivity contribution in [3.8, 4) is 0 Å². The molecule has 1 aliphatic heterocycles. The van der Waals surface area contributed by atoms with Crippen molar-refractivity contribution in [2.24, 2.45) is 0 Å². The number of aromatic nitrogens is 1. The maximum Gasteiger partial charge on any atom is 0.131 e. The SMILES string of the molecule is COCCNCC1CCCN1c1ncccc1C. The van der Waals surface area contributed by atoms with E-state index in [2.05, 4.69) is 28.2 Å². The fourth-order valence-electron chi connectivity index (χ4n) is 2.55. The molecule has 2 heterocycles. The third kappa shape index (κ3) is 3.21. The summed E-state index contributed by atoms with van der Waals surface area (Å²) in [7, 11) is 1.74. The number of pyridine rings is 1.